The van der Waals surface area contributed by atoms with Crippen LogP contribution in [0.1, 0.15) is 29.4 Å². The highest BCUT2D eigenvalue weighted by molar-refractivity contribution is 5.90. The van der Waals surface area contributed by atoms with Crippen LogP contribution in [0.4, 0.5) is 5.82 Å². The largest absolute Gasteiger partial charge is 0.465 e. The Balaban J connectivity index is 2.83. The van der Waals surface area contributed by atoms with Gasteiger partial charge in [-0.1, -0.05) is 0 Å². The standard InChI is InChI=1S/C13H16N2O2/c1-5-6-9(2)14-12-8-7-11(10(3)15-12)13(16)17-4/h1,7-9H,6H2,2-4H3,(H,14,15). The van der Waals surface area contributed by atoms with E-state index in [4.69, 9.17) is 6.42 Å². The number of methoxy groups -OCH3 is 1. The average Bonchev–Trinajstić information content (AvgIpc) is 2.28. The summed E-state index contributed by atoms with van der Waals surface area (Å²) in [6.45, 7) is 3.74. The molecule has 0 fully saturated rings. The van der Waals surface area contributed by atoms with Crippen molar-refractivity contribution in [3.63, 3.8) is 0 Å². The zero-order valence-electron chi connectivity index (χ0n) is 10.3. The van der Waals surface area contributed by atoms with Crippen LogP contribution < -0.4 is 5.32 Å². The van der Waals surface area contributed by atoms with E-state index in [0.29, 0.717) is 23.5 Å². The van der Waals surface area contributed by atoms with Gasteiger partial charge in [-0.05, 0) is 26.0 Å². The summed E-state index contributed by atoms with van der Waals surface area (Å²) in [6.07, 6.45) is 5.85. The molecular formula is C13H16N2O2. The van der Waals surface area contributed by atoms with Crippen LogP contribution in [0.15, 0.2) is 12.1 Å². The second-order valence-electron chi connectivity index (χ2n) is 3.77. The van der Waals surface area contributed by atoms with Crippen molar-refractivity contribution < 1.29 is 9.53 Å². The van der Waals surface area contributed by atoms with Crippen molar-refractivity contribution in [2.75, 3.05) is 12.4 Å². The van der Waals surface area contributed by atoms with Gasteiger partial charge in [0, 0.05) is 12.5 Å². The topological polar surface area (TPSA) is 51.2 Å². The molecule has 0 amide bonds. The van der Waals surface area contributed by atoms with Crippen LogP contribution in [-0.4, -0.2) is 24.1 Å². The second kappa shape index (κ2) is 5.90. The molecule has 1 atom stereocenters. The lowest BCUT2D eigenvalue weighted by molar-refractivity contribution is 0.0599. The highest BCUT2D eigenvalue weighted by atomic mass is 16.5. The number of aryl methyl sites for hydroxylation is 1. The molecule has 0 radical (unpaired) electrons. The Bertz CT molecular complexity index is 449. The van der Waals surface area contributed by atoms with Gasteiger partial charge in [0.15, 0.2) is 0 Å². The summed E-state index contributed by atoms with van der Waals surface area (Å²) < 4.78 is 4.65. The van der Waals surface area contributed by atoms with E-state index in [-0.39, 0.29) is 12.0 Å². The van der Waals surface area contributed by atoms with Crippen LogP contribution in [0.25, 0.3) is 0 Å². The molecule has 0 aliphatic carbocycles. The normalized spacial score (nSPS) is 11.4. The van der Waals surface area contributed by atoms with E-state index in [1.807, 2.05) is 6.92 Å². The number of ether oxygens (including phenoxy) is 1. The first-order valence-electron chi connectivity index (χ1n) is 5.34. The van der Waals surface area contributed by atoms with E-state index in [9.17, 15) is 4.79 Å². The smallest absolute Gasteiger partial charge is 0.339 e. The lowest BCUT2D eigenvalue weighted by Gasteiger charge is -2.12. The highest BCUT2D eigenvalue weighted by Crippen LogP contribution is 2.12. The first-order valence-corrected chi connectivity index (χ1v) is 5.34. The predicted octanol–water partition coefficient (Wildman–Crippen LogP) is 2.00. The number of hydrogen-bond acceptors (Lipinski definition) is 4. The molecule has 17 heavy (non-hydrogen) atoms. The zero-order valence-corrected chi connectivity index (χ0v) is 10.3. The summed E-state index contributed by atoms with van der Waals surface area (Å²) in [5.41, 5.74) is 1.11. The molecule has 1 heterocycles. The molecule has 4 heteroatoms. The summed E-state index contributed by atoms with van der Waals surface area (Å²) >= 11 is 0. The van der Waals surface area contributed by atoms with Crippen molar-refractivity contribution in [2.24, 2.45) is 0 Å². The number of anilines is 1. The number of nitrogens with one attached hydrogen (secondary N) is 1. The van der Waals surface area contributed by atoms with Gasteiger partial charge in [-0.25, -0.2) is 9.78 Å². The lowest BCUT2D eigenvalue weighted by Crippen LogP contribution is -2.16. The molecule has 1 aromatic rings. The average molecular weight is 232 g/mol. The SMILES string of the molecule is C#CCC(C)Nc1ccc(C(=O)OC)c(C)n1. The number of carbonyl (C=O) groups excluding carboxylic acids is 1. The summed E-state index contributed by atoms with van der Waals surface area (Å²) in [6, 6.07) is 3.58. The van der Waals surface area contributed by atoms with Crippen LogP contribution in [0.5, 0.6) is 0 Å². The molecule has 1 aromatic heterocycles. The molecule has 0 aromatic carbocycles. The van der Waals surface area contributed by atoms with Crippen molar-refractivity contribution >= 4 is 11.8 Å². The number of nitrogens with zero attached hydrogens (tertiary/aromatic N) is 1. The van der Waals surface area contributed by atoms with E-state index in [1.54, 1.807) is 19.1 Å². The minimum atomic E-state index is -0.377. The van der Waals surface area contributed by atoms with Gasteiger partial charge < -0.3 is 10.1 Å². The highest BCUT2D eigenvalue weighted by Gasteiger charge is 2.11. The maximum absolute atomic E-state index is 11.4. The molecule has 4 nitrogen and oxygen atoms in total. The third kappa shape index (κ3) is 3.49. The molecule has 90 valence electrons. The fraction of sp³-hybridized carbons (Fsp3) is 0.385. The third-order valence-corrected chi connectivity index (χ3v) is 2.31. The Morgan fingerprint density at radius 1 is 1.65 bits per heavy atom. The Morgan fingerprint density at radius 2 is 2.35 bits per heavy atom. The predicted molar refractivity (Wildman–Crippen MR) is 66.8 cm³/mol. The van der Waals surface area contributed by atoms with Gasteiger partial charge in [0.05, 0.1) is 18.4 Å². The Labute approximate surface area is 101 Å². The monoisotopic (exact) mass is 232 g/mol. The van der Waals surface area contributed by atoms with Gasteiger partial charge in [0.1, 0.15) is 5.82 Å². The van der Waals surface area contributed by atoms with E-state index in [2.05, 4.69) is 21.0 Å². The number of rotatable bonds is 4. The van der Waals surface area contributed by atoms with Gasteiger partial charge >= 0.3 is 5.97 Å². The van der Waals surface area contributed by atoms with Gasteiger partial charge in [0.2, 0.25) is 0 Å². The minimum Gasteiger partial charge on any atom is -0.465 e. The van der Waals surface area contributed by atoms with E-state index in [0.717, 1.165) is 0 Å². The summed E-state index contributed by atoms with van der Waals surface area (Å²) in [5, 5.41) is 3.16. The van der Waals surface area contributed by atoms with Crippen LogP contribution in [-0.2, 0) is 4.74 Å². The number of carbonyl (C=O) groups is 1. The van der Waals surface area contributed by atoms with Crippen LogP contribution in [0, 0.1) is 19.3 Å². The molecule has 1 unspecified atom stereocenters. The number of terminal acetylenes is 1. The zero-order chi connectivity index (χ0) is 12.8. The van der Waals surface area contributed by atoms with Crippen molar-refractivity contribution in [3.8, 4) is 12.3 Å². The second-order valence-corrected chi connectivity index (χ2v) is 3.77. The van der Waals surface area contributed by atoms with Crippen molar-refractivity contribution in [1.29, 1.82) is 0 Å². The van der Waals surface area contributed by atoms with Crippen LogP contribution in [0.2, 0.25) is 0 Å². The van der Waals surface area contributed by atoms with Crippen LogP contribution >= 0.6 is 0 Å². The van der Waals surface area contributed by atoms with E-state index in [1.165, 1.54) is 7.11 Å². The maximum Gasteiger partial charge on any atom is 0.339 e. The first kappa shape index (κ1) is 13.0. The molecule has 0 spiro atoms. The lowest BCUT2D eigenvalue weighted by atomic mass is 10.2. The first-order chi connectivity index (χ1) is 8.08. The van der Waals surface area contributed by atoms with Gasteiger partial charge in [-0.3, -0.25) is 0 Å². The molecule has 1 rings (SSSR count). The van der Waals surface area contributed by atoms with E-state index < -0.39 is 0 Å². The van der Waals surface area contributed by atoms with E-state index >= 15 is 0 Å². The van der Waals surface area contributed by atoms with Crippen LogP contribution in [0.3, 0.4) is 0 Å². The molecule has 0 aliphatic heterocycles. The number of esters is 1. The number of aromatic nitrogens is 1. The molecule has 0 saturated carbocycles. The molecule has 0 saturated heterocycles. The third-order valence-electron chi connectivity index (χ3n) is 2.31. The Kier molecular flexibility index (Phi) is 4.53. The minimum absolute atomic E-state index is 0.149. The number of pyridine rings is 1. The fourth-order valence-electron chi connectivity index (χ4n) is 1.45. The maximum atomic E-state index is 11.4. The van der Waals surface area contributed by atoms with Crippen molar-refractivity contribution in [1.82, 2.24) is 4.98 Å². The van der Waals surface area contributed by atoms with Gasteiger partial charge in [-0.15, -0.1) is 12.3 Å². The Hall–Kier alpha value is -2.02. The Morgan fingerprint density at radius 3 is 2.88 bits per heavy atom. The number of hydrogen-bond donors (Lipinski definition) is 1. The summed E-state index contributed by atoms with van der Waals surface area (Å²) in [5.74, 6) is 2.91. The van der Waals surface area contributed by atoms with Gasteiger partial charge in [0.25, 0.3) is 0 Å². The molecular weight excluding hydrogens is 216 g/mol. The summed E-state index contributed by atoms with van der Waals surface area (Å²) in [4.78, 5) is 15.6. The molecule has 0 aliphatic rings. The van der Waals surface area contributed by atoms with Crippen molar-refractivity contribution in [2.45, 2.75) is 26.3 Å². The quantitative estimate of drug-likeness (QED) is 0.637. The molecule has 1 N–H and O–H groups in total. The summed E-state index contributed by atoms with van der Waals surface area (Å²) in [7, 11) is 1.35. The van der Waals surface area contributed by atoms with Gasteiger partial charge in [-0.2, -0.15) is 0 Å². The fourth-order valence-corrected chi connectivity index (χ4v) is 1.45. The molecule has 0 bridgehead atoms. The van der Waals surface area contributed by atoms with Crippen molar-refractivity contribution in [3.05, 3.63) is 23.4 Å².